The van der Waals surface area contributed by atoms with Gasteiger partial charge >= 0.3 is 0 Å². The van der Waals surface area contributed by atoms with Crippen LogP contribution in [-0.2, 0) is 0 Å². The number of carbonyl (C=O) groups is 1. The van der Waals surface area contributed by atoms with Gasteiger partial charge in [-0.2, -0.15) is 5.26 Å². The van der Waals surface area contributed by atoms with Crippen LogP contribution in [0.3, 0.4) is 0 Å². The smallest absolute Gasteiger partial charge is 0.253 e. The average molecular weight is 295 g/mol. The van der Waals surface area contributed by atoms with Gasteiger partial charge in [-0.1, -0.05) is 22.0 Å². The fraction of sp³-hybridized carbons (Fsp3) is 0.385. The van der Waals surface area contributed by atoms with Crippen molar-refractivity contribution < 1.29 is 4.79 Å². The van der Waals surface area contributed by atoms with Crippen molar-refractivity contribution in [1.82, 2.24) is 4.90 Å². The second-order valence-electron chi connectivity index (χ2n) is 4.18. The van der Waals surface area contributed by atoms with Crippen LogP contribution in [0, 0.1) is 24.2 Å². The topological polar surface area (TPSA) is 44.1 Å². The van der Waals surface area contributed by atoms with Gasteiger partial charge in [0.05, 0.1) is 12.0 Å². The highest BCUT2D eigenvalue weighted by Gasteiger charge is 2.16. The number of aryl methyl sites for hydroxylation is 1. The zero-order valence-electron chi connectivity index (χ0n) is 10.2. The molecule has 1 atom stereocenters. The zero-order chi connectivity index (χ0) is 13.0. The quantitative estimate of drug-likeness (QED) is 0.860. The molecule has 0 spiro atoms. The summed E-state index contributed by atoms with van der Waals surface area (Å²) >= 11 is 3.36. The molecule has 1 unspecified atom stereocenters. The molecule has 0 saturated heterocycles. The molecule has 0 heterocycles. The lowest BCUT2D eigenvalue weighted by Crippen LogP contribution is -2.31. The van der Waals surface area contributed by atoms with Crippen LogP contribution in [0.4, 0.5) is 0 Å². The molecule has 1 rings (SSSR count). The summed E-state index contributed by atoms with van der Waals surface area (Å²) in [6.45, 7) is 4.15. The van der Waals surface area contributed by atoms with E-state index in [1.165, 1.54) is 0 Å². The maximum absolute atomic E-state index is 12.2. The van der Waals surface area contributed by atoms with Crippen molar-refractivity contribution in [2.75, 3.05) is 13.6 Å². The second-order valence-corrected chi connectivity index (χ2v) is 5.09. The molecular formula is C13H15BrN2O. The summed E-state index contributed by atoms with van der Waals surface area (Å²) in [4.78, 5) is 13.8. The molecule has 17 heavy (non-hydrogen) atoms. The van der Waals surface area contributed by atoms with E-state index in [0.717, 1.165) is 10.0 Å². The van der Waals surface area contributed by atoms with Gasteiger partial charge in [-0.3, -0.25) is 4.79 Å². The van der Waals surface area contributed by atoms with Crippen molar-refractivity contribution in [2.45, 2.75) is 13.8 Å². The van der Waals surface area contributed by atoms with Crippen LogP contribution in [0.2, 0.25) is 0 Å². The number of benzene rings is 1. The first-order chi connectivity index (χ1) is 7.95. The largest absolute Gasteiger partial charge is 0.340 e. The molecule has 0 aliphatic heterocycles. The highest BCUT2D eigenvalue weighted by atomic mass is 79.9. The molecule has 0 aliphatic rings. The molecule has 0 saturated carbocycles. The summed E-state index contributed by atoms with van der Waals surface area (Å²) in [5, 5.41) is 8.74. The van der Waals surface area contributed by atoms with Crippen molar-refractivity contribution in [3.8, 4) is 6.07 Å². The van der Waals surface area contributed by atoms with Crippen molar-refractivity contribution >= 4 is 21.8 Å². The SMILES string of the molecule is Cc1ccc(Br)cc1C(=O)N(C)CC(C)C#N. The van der Waals surface area contributed by atoms with Gasteiger partial charge in [0, 0.05) is 23.6 Å². The van der Waals surface area contributed by atoms with Crippen LogP contribution in [0.25, 0.3) is 0 Å². The van der Waals surface area contributed by atoms with Crippen LogP contribution >= 0.6 is 15.9 Å². The van der Waals surface area contributed by atoms with E-state index >= 15 is 0 Å². The Morgan fingerprint density at radius 3 is 2.82 bits per heavy atom. The Labute approximate surface area is 110 Å². The predicted octanol–water partition coefficient (Wildman–Crippen LogP) is 2.99. The minimum Gasteiger partial charge on any atom is -0.340 e. The molecule has 90 valence electrons. The average Bonchev–Trinajstić information content (AvgIpc) is 2.31. The molecular weight excluding hydrogens is 280 g/mol. The summed E-state index contributed by atoms with van der Waals surface area (Å²) in [6.07, 6.45) is 0. The van der Waals surface area contributed by atoms with E-state index < -0.39 is 0 Å². The van der Waals surface area contributed by atoms with Crippen LogP contribution in [-0.4, -0.2) is 24.4 Å². The molecule has 1 aromatic rings. The zero-order valence-corrected chi connectivity index (χ0v) is 11.8. The van der Waals surface area contributed by atoms with E-state index in [0.29, 0.717) is 12.1 Å². The van der Waals surface area contributed by atoms with E-state index in [2.05, 4.69) is 22.0 Å². The van der Waals surface area contributed by atoms with Crippen LogP contribution in [0.5, 0.6) is 0 Å². The Kier molecular flexibility index (Phi) is 4.71. The standard InChI is InChI=1S/C13H15BrN2O/c1-9(7-15)8-16(3)13(17)12-6-11(14)5-4-10(12)2/h4-6,9H,8H2,1-3H3. The maximum atomic E-state index is 12.2. The van der Waals surface area contributed by atoms with Crippen molar-refractivity contribution in [3.05, 3.63) is 33.8 Å². The second kappa shape index (κ2) is 5.83. The lowest BCUT2D eigenvalue weighted by Gasteiger charge is -2.19. The van der Waals surface area contributed by atoms with E-state index in [4.69, 9.17) is 5.26 Å². The fourth-order valence-corrected chi connectivity index (χ4v) is 1.93. The number of hydrogen-bond acceptors (Lipinski definition) is 2. The molecule has 1 amide bonds. The van der Waals surface area contributed by atoms with Gasteiger partial charge in [0.25, 0.3) is 5.91 Å². The summed E-state index contributed by atoms with van der Waals surface area (Å²) in [5.41, 5.74) is 1.61. The summed E-state index contributed by atoms with van der Waals surface area (Å²) in [7, 11) is 1.72. The molecule has 0 radical (unpaired) electrons. The molecule has 3 nitrogen and oxygen atoms in total. The third kappa shape index (κ3) is 3.57. The van der Waals surface area contributed by atoms with Gasteiger partial charge < -0.3 is 4.90 Å². The first kappa shape index (κ1) is 13.7. The number of halogens is 1. The summed E-state index contributed by atoms with van der Waals surface area (Å²) in [5.74, 6) is -0.206. The highest BCUT2D eigenvalue weighted by molar-refractivity contribution is 9.10. The third-order valence-corrected chi connectivity index (χ3v) is 3.04. The number of carbonyl (C=O) groups excluding carboxylic acids is 1. The monoisotopic (exact) mass is 294 g/mol. The number of amides is 1. The van der Waals surface area contributed by atoms with E-state index in [1.54, 1.807) is 18.9 Å². The van der Waals surface area contributed by atoms with E-state index in [9.17, 15) is 4.79 Å². The Morgan fingerprint density at radius 2 is 2.24 bits per heavy atom. The van der Waals surface area contributed by atoms with Gasteiger partial charge in [0.2, 0.25) is 0 Å². The number of rotatable bonds is 3. The Morgan fingerprint density at radius 1 is 1.59 bits per heavy atom. The van der Waals surface area contributed by atoms with Crippen LogP contribution in [0.15, 0.2) is 22.7 Å². The third-order valence-electron chi connectivity index (χ3n) is 2.54. The van der Waals surface area contributed by atoms with Gasteiger partial charge in [0.1, 0.15) is 0 Å². The lowest BCUT2D eigenvalue weighted by atomic mass is 10.1. The van der Waals surface area contributed by atoms with Crippen LogP contribution in [0.1, 0.15) is 22.8 Å². The van der Waals surface area contributed by atoms with E-state index in [1.807, 2.05) is 25.1 Å². The fourth-order valence-electron chi connectivity index (χ4n) is 1.56. The van der Waals surface area contributed by atoms with Crippen molar-refractivity contribution in [2.24, 2.45) is 5.92 Å². The molecule has 1 aromatic carbocycles. The van der Waals surface area contributed by atoms with Gasteiger partial charge in [-0.25, -0.2) is 0 Å². The maximum Gasteiger partial charge on any atom is 0.253 e. The Hall–Kier alpha value is -1.34. The number of hydrogen-bond donors (Lipinski definition) is 0. The van der Waals surface area contributed by atoms with Gasteiger partial charge in [-0.05, 0) is 31.5 Å². The first-order valence-electron chi connectivity index (χ1n) is 5.37. The van der Waals surface area contributed by atoms with Gasteiger partial charge in [-0.15, -0.1) is 0 Å². The number of nitrogens with zero attached hydrogens (tertiary/aromatic N) is 2. The molecule has 0 aromatic heterocycles. The van der Waals surface area contributed by atoms with Crippen molar-refractivity contribution in [3.63, 3.8) is 0 Å². The molecule has 0 fully saturated rings. The Balaban J connectivity index is 2.89. The predicted molar refractivity (Wildman–Crippen MR) is 70.6 cm³/mol. The molecule has 4 heteroatoms. The van der Waals surface area contributed by atoms with E-state index in [-0.39, 0.29) is 11.8 Å². The summed E-state index contributed by atoms with van der Waals surface area (Å²) in [6, 6.07) is 7.74. The minimum absolute atomic E-state index is 0.0501. The summed E-state index contributed by atoms with van der Waals surface area (Å²) < 4.78 is 0.883. The lowest BCUT2D eigenvalue weighted by molar-refractivity contribution is 0.0784. The first-order valence-corrected chi connectivity index (χ1v) is 6.16. The molecule has 0 bridgehead atoms. The number of nitriles is 1. The Bertz CT molecular complexity index is 465. The van der Waals surface area contributed by atoms with Gasteiger partial charge in [0.15, 0.2) is 0 Å². The van der Waals surface area contributed by atoms with Crippen LogP contribution < -0.4 is 0 Å². The normalized spacial score (nSPS) is 11.7. The minimum atomic E-state index is -0.156. The highest BCUT2D eigenvalue weighted by Crippen LogP contribution is 2.17. The molecule has 0 N–H and O–H groups in total. The van der Waals surface area contributed by atoms with Crippen molar-refractivity contribution in [1.29, 1.82) is 5.26 Å². The molecule has 0 aliphatic carbocycles.